The molecule has 0 fully saturated rings. The maximum atomic E-state index is 11.6. The Bertz CT molecular complexity index is 229. The molecule has 0 aliphatic heterocycles. The van der Waals surface area contributed by atoms with Crippen LogP contribution in [-0.4, -0.2) is 61.9 Å². The van der Waals surface area contributed by atoms with E-state index in [0.29, 0.717) is 6.54 Å². The Morgan fingerprint density at radius 3 is 2.20 bits per heavy atom. The summed E-state index contributed by atoms with van der Waals surface area (Å²) in [6.45, 7) is 4.54. The first-order valence-electron chi connectivity index (χ1n) is 5.08. The summed E-state index contributed by atoms with van der Waals surface area (Å²) in [5.74, 6) is -0.0298. The van der Waals surface area contributed by atoms with Crippen molar-refractivity contribution in [1.29, 1.82) is 0 Å². The molecule has 0 aromatic rings. The highest BCUT2D eigenvalue weighted by atomic mass is 16.2. The lowest BCUT2D eigenvalue weighted by Gasteiger charge is -2.21. The molecule has 0 aliphatic rings. The standard InChI is InChI=1S/C10H21N3O2/c1-6-13(5)10(15)8(2)11-7-9(14)12(3)4/h8,11H,6-7H2,1-5H3. The van der Waals surface area contributed by atoms with Gasteiger partial charge in [-0.2, -0.15) is 0 Å². The molecule has 0 radical (unpaired) electrons. The third kappa shape index (κ3) is 4.78. The highest BCUT2D eigenvalue weighted by molar-refractivity contribution is 5.83. The second kappa shape index (κ2) is 6.40. The van der Waals surface area contributed by atoms with Crippen molar-refractivity contribution in [3.63, 3.8) is 0 Å². The molecule has 0 aromatic carbocycles. The van der Waals surface area contributed by atoms with Crippen LogP contribution in [0.25, 0.3) is 0 Å². The number of amides is 2. The summed E-state index contributed by atoms with van der Waals surface area (Å²) in [7, 11) is 5.12. The van der Waals surface area contributed by atoms with Crippen LogP contribution in [0.2, 0.25) is 0 Å². The molecule has 0 aliphatic carbocycles. The quantitative estimate of drug-likeness (QED) is 0.674. The van der Waals surface area contributed by atoms with E-state index in [0.717, 1.165) is 0 Å². The van der Waals surface area contributed by atoms with Crippen LogP contribution in [0.1, 0.15) is 13.8 Å². The first-order valence-corrected chi connectivity index (χ1v) is 5.08. The van der Waals surface area contributed by atoms with Gasteiger partial charge in [0.15, 0.2) is 0 Å². The fourth-order valence-corrected chi connectivity index (χ4v) is 0.972. The van der Waals surface area contributed by atoms with E-state index in [9.17, 15) is 9.59 Å². The lowest BCUT2D eigenvalue weighted by Crippen LogP contribution is -2.46. The van der Waals surface area contributed by atoms with Gasteiger partial charge in [-0.25, -0.2) is 0 Å². The van der Waals surface area contributed by atoms with Crippen LogP contribution >= 0.6 is 0 Å². The van der Waals surface area contributed by atoms with Crippen molar-refractivity contribution in [2.75, 3.05) is 34.2 Å². The molecule has 0 saturated heterocycles. The third-order valence-electron chi connectivity index (χ3n) is 2.28. The monoisotopic (exact) mass is 215 g/mol. The van der Waals surface area contributed by atoms with E-state index in [4.69, 9.17) is 0 Å². The fraction of sp³-hybridized carbons (Fsp3) is 0.800. The van der Waals surface area contributed by atoms with Crippen molar-refractivity contribution in [3.05, 3.63) is 0 Å². The molecule has 1 atom stereocenters. The number of hydrogen-bond donors (Lipinski definition) is 1. The van der Waals surface area contributed by atoms with Crippen molar-refractivity contribution >= 4 is 11.8 Å². The minimum atomic E-state index is -0.321. The Kier molecular flexibility index (Phi) is 5.93. The smallest absolute Gasteiger partial charge is 0.239 e. The third-order valence-corrected chi connectivity index (χ3v) is 2.28. The number of carbonyl (C=O) groups excluding carboxylic acids is 2. The zero-order valence-electron chi connectivity index (χ0n) is 10.2. The fourth-order valence-electron chi connectivity index (χ4n) is 0.972. The van der Waals surface area contributed by atoms with E-state index in [1.54, 1.807) is 33.0 Å². The largest absolute Gasteiger partial charge is 0.348 e. The maximum absolute atomic E-state index is 11.6. The predicted molar refractivity (Wildman–Crippen MR) is 59.5 cm³/mol. The second-order valence-corrected chi connectivity index (χ2v) is 3.74. The Morgan fingerprint density at radius 2 is 1.80 bits per heavy atom. The van der Waals surface area contributed by atoms with E-state index in [1.165, 1.54) is 4.90 Å². The molecule has 0 rings (SSSR count). The lowest BCUT2D eigenvalue weighted by atomic mass is 10.3. The second-order valence-electron chi connectivity index (χ2n) is 3.74. The maximum Gasteiger partial charge on any atom is 0.239 e. The molecule has 1 unspecified atom stereocenters. The van der Waals surface area contributed by atoms with Crippen molar-refractivity contribution in [3.8, 4) is 0 Å². The SMILES string of the molecule is CCN(C)C(=O)C(C)NCC(=O)N(C)C. The highest BCUT2D eigenvalue weighted by Crippen LogP contribution is 1.91. The number of rotatable bonds is 5. The van der Waals surface area contributed by atoms with Crippen LogP contribution in [0, 0.1) is 0 Å². The molecule has 5 heteroatoms. The average Bonchev–Trinajstić information content (AvgIpc) is 2.22. The van der Waals surface area contributed by atoms with Gasteiger partial charge < -0.3 is 9.80 Å². The molecule has 1 N–H and O–H groups in total. The van der Waals surface area contributed by atoms with E-state index in [-0.39, 0.29) is 24.4 Å². The summed E-state index contributed by atoms with van der Waals surface area (Å²) in [5.41, 5.74) is 0. The number of carbonyl (C=O) groups is 2. The zero-order chi connectivity index (χ0) is 12.0. The summed E-state index contributed by atoms with van der Waals surface area (Å²) < 4.78 is 0. The van der Waals surface area contributed by atoms with Gasteiger partial charge in [0.05, 0.1) is 12.6 Å². The van der Waals surface area contributed by atoms with Gasteiger partial charge in [0.1, 0.15) is 0 Å². The minimum Gasteiger partial charge on any atom is -0.348 e. The first-order chi connectivity index (χ1) is 6.90. The molecule has 5 nitrogen and oxygen atoms in total. The molecular formula is C10H21N3O2. The molecular weight excluding hydrogens is 194 g/mol. The van der Waals surface area contributed by atoms with Gasteiger partial charge >= 0.3 is 0 Å². The van der Waals surface area contributed by atoms with Gasteiger partial charge in [0.25, 0.3) is 0 Å². The molecule has 0 aromatic heterocycles. The van der Waals surface area contributed by atoms with Crippen LogP contribution in [0.4, 0.5) is 0 Å². The van der Waals surface area contributed by atoms with Crippen molar-refractivity contribution in [2.45, 2.75) is 19.9 Å². The first kappa shape index (κ1) is 13.9. The number of hydrogen-bond acceptors (Lipinski definition) is 3. The Balaban J connectivity index is 3.98. The van der Waals surface area contributed by atoms with Gasteiger partial charge in [-0.3, -0.25) is 14.9 Å². The number of nitrogens with zero attached hydrogens (tertiary/aromatic N) is 2. The topological polar surface area (TPSA) is 52.7 Å². The van der Waals surface area contributed by atoms with Gasteiger partial charge in [0, 0.05) is 27.7 Å². The van der Waals surface area contributed by atoms with E-state index < -0.39 is 0 Å². The van der Waals surface area contributed by atoms with Crippen LogP contribution in [-0.2, 0) is 9.59 Å². The van der Waals surface area contributed by atoms with Gasteiger partial charge in [-0.05, 0) is 13.8 Å². The molecule has 0 spiro atoms. The summed E-state index contributed by atoms with van der Waals surface area (Å²) in [6.07, 6.45) is 0. The van der Waals surface area contributed by atoms with E-state index in [1.807, 2.05) is 6.92 Å². The summed E-state index contributed by atoms with van der Waals surface area (Å²) >= 11 is 0. The number of likely N-dealkylation sites (N-methyl/N-ethyl adjacent to an activating group) is 2. The van der Waals surface area contributed by atoms with Gasteiger partial charge in [0.2, 0.25) is 11.8 Å². The van der Waals surface area contributed by atoms with Crippen molar-refractivity contribution < 1.29 is 9.59 Å². The summed E-state index contributed by atoms with van der Waals surface area (Å²) in [4.78, 5) is 26.0. The minimum absolute atomic E-state index is 0.00376. The van der Waals surface area contributed by atoms with Crippen LogP contribution < -0.4 is 5.32 Å². The van der Waals surface area contributed by atoms with Gasteiger partial charge in [-0.1, -0.05) is 0 Å². The van der Waals surface area contributed by atoms with Crippen molar-refractivity contribution in [2.24, 2.45) is 0 Å². The van der Waals surface area contributed by atoms with Gasteiger partial charge in [-0.15, -0.1) is 0 Å². The van der Waals surface area contributed by atoms with Crippen LogP contribution in [0.3, 0.4) is 0 Å². The molecule has 0 saturated carbocycles. The average molecular weight is 215 g/mol. The summed E-state index contributed by atoms with van der Waals surface area (Å²) in [5, 5.41) is 2.90. The normalized spacial score (nSPS) is 12.1. The lowest BCUT2D eigenvalue weighted by molar-refractivity contribution is -0.132. The van der Waals surface area contributed by atoms with E-state index in [2.05, 4.69) is 5.32 Å². The predicted octanol–water partition coefficient (Wildman–Crippen LogP) is -0.469. The van der Waals surface area contributed by atoms with Crippen LogP contribution in [0.5, 0.6) is 0 Å². The zero-order valence-corrected chi connectivity index (χ0v) is 10.2. The molecule has 88 valence electrons. The Labute approximate surface area is 91.4 Å². The Hall–Kier alpha value is -1.10. The van der Waals surface area contributed by atoms with Crippen molar-refractivity contribution in [1.82, 2.24) is 15.1 Å². The highest BCUT2D eigenvalue weighted by Gasteiger charge is 2.16. The molecule has 0 bridgehead atoms. The summed E-state index contributed by atoms with van der Waals surface area (Å²) in [6, 6.07) is -0.321. The Morgan fingerprint density at radius 1 is 1.27 bits per heavy atom. The van der Waals surface area contributed by atoms with Crippen LogP contribution in [0.15, 0.2) is 0 Å². The molecule has 0 heterocycles. The molecule has 15 heavy (non-hydrogen) atoms. The van der Waals surface area contributed by atoms with E-state index >= 15 is 0 Å². The number of nitrogens with one attached hydrogen (secondary N) is 1. The molecule has 2 amide bonds.